The van der Waals surface area contributed by atoms with E-state index in [0.29, 0.717) is 24.3 Å². The van der Waals surface area contributed by atoms with Gasteiger partial charge in [-0.3, -0.25) is 0 Å². The lowest BCUT2D eigenvalue weighted by molar-refractivity contribution is -0.127. The Morgan fingerprint density at radius 2 is 2.13 bits per heavy atom. The predicted octanol–water partition coefficient (Wildman–Crippen LogP) is 2.89. The zero-order valence-electron chi connectivity index (χ0n) is 12.6. The molecule has 0 bridgehead atoms. The van der Waals surface area contributed by atoms with E-state index in [-0.39, 0.29) is 11.6 Å². The maximum absolute atomic E-state index is 14.1. The van der Waals surface area contributed by atoms with Crippen molar-refractivity contribution in [3.05, 3.63) is 30.0 Å². The van der Waals surface area contributed by atoms with E-state index in [1.165, 1.54) is 10.7 Å². The van der Waals surface area contributed by atoms with Gasteiger partial charge in [0.2, 0.25) is 0 Å². The van der Waals surface area contributed by atoms with Crippen molar-refractivity contribution in [3.8, 4) is 0 Å². The van der Waals surface area contributed by atoms with Crippen LogP contribution in [0.3, 0.4) is 0 Å². The van der Waals surface area contributed by atoms with Gasteiger partial charge in [-0.2, -0.15) is 18.3 Å². The fourth-order valence-corrected chi connectivity index (χ4v) is 2.93. The van der Waals surface area contributed by atoms with Crippen LogP contribution in [0.1, 0.15) is 12.0 Å². The third-order valence-corrected chi connectivity index (χ3v) is 4.09. The molecule has 0 radical (unpaired) electrons. The maximum atomic E-state index is 14.1. The molecule has 1 saturated heterocycles. The highest BCUT2D eigenvalue weighted by atomic mass is 19.4. The minimum Gasteiger partial charge on any atom is -0.364 e. The number of likely N-dealkylation sites (tertiary alicyclic amines) is 1. The van der Waals surface area contributed by atoms with E-state index in [1.807, 2.05) is 11.9 Å². The Kier molecular flexibility index (Phi) is 4.18. The first-order chi connectivity index (χ1) is 10.8. The summed E-state index contributed by atoms with van der Waals surface area (Å²) in [5.74, 6) is 0.508. The van der Waals surface area contributed by atoms with E-state index in [2.05, 4.69) is 10.4 Å². The first-order valence-electron chi connectivity index (χ1n) is 7.45. The number of hydrogen-bond acceptors (Lipinski definition) is 3. The molecule has 0 spiro atoms. The van der Waals surface area contributed by atoms with Crippen molar-refractivity contribution in [2.75, 3.05) is 25.5 Å². The van der Waals surface area contributed by atoms with Crippen LogP contribution in [0, 0.1) is 0 Å². The summed E-state index contributed by atoms with van der Waals surface area (Å²) in [5.41, 5.74) is 0.497. The summed E-state index contributed by atoms with van der Waals surface area (Å²) in [6.07, 6.45) is -4.50. The molecule has 2 aromatic heterocycles. The fraction of sp³-hybridized carbons (Fsp3) is 0.533. The van der Waals surface area contributed by atoms with Crippen LogP contribution in [0.25, 0.3) is 5.52 Å². The predicted molar refractivity (Wildman–Crippen MR) is 79.4 cm³/mol. The summed E-state index contributed by atoms with van der Waals surface area (Å²) >= 11 is 0. The van der Waals surface area contributed by atoms with Crippen LogP contribution in [0.5, 0.6) is 0 Å². The zero-order valence-corrected chi connectivity index (χ0v) is 12.6. The highest BCUT2D eigenvalue weighted by molar-refractivity contribution is 5.59. The largest absolute Gasteiger partial charge is 0.393 e. The van der Waals surface area contributed by atoms with E-state index in [9.17, 15) is 17.6 Å². The number of nitrogens with zero attached hydrogens (tertiary/aromatic N) is 3. The van der Waals surface area contributed by atoms with Crippen molar-refractivity contribution in [1.29, 1.82) is 0 Å². The van der Waals surface area contributed by atoms with Gasteiger partial charge in [-0.15, -0.1) is 0 Å². The van der Waals surface area contributed by atoms with Crippen LogP contribution >= 0.6 is 0 Å². The first kappa shape index (κ1) is 16.0. The third kappa shape index (κ3) is 3.57. The summed E-state index contributed by atoms with van der Waals surface area (Å²) in [5, 5.41) is 7.12. The molecule has 4 nitrogen and oxygen atoms in total. The van der Waals surface area contributed by atoms with Gasteiger partial charge in [0, 0.05) is 18.7 Å². The highest BCUT2D eigenvalue weighted by Gasteiger charge is 2.30. The van der Waals surface area contributed by atoms with E-state index in [0.717, 1.165) is 6.54 Å². The molecule has 8 heteroatoms. The van der Waals surface area contributed by atoms with Crippen molar-refractivity contribution in [2.24, 2.45) is 0 Å². The molecule has 2 aromatic rings. The second-order valence-electron chi connectivity index (χ2n) is 5.99. The van der Waals surface area contributed by atoms with Gasteiger partial charge in [0.1, 0.15) is 12.0 Å². The van der Waals surface area contributed by atoms with Crippen LogP contribution in [-0.2, 0) is 6.42 Å². The van der Waals surface area contributed by atoms with Gasteiger partial charge >= 0.3 is 6.18 Å². The lowest BCUT2D eigenvalue weighted by atomic mass is 10.0. The number of piperidine rings is 1. The Labute approximate surface area is 131 Å². The quantitative estimate of drug-likeness (QED) is 0.879. The van der Waals surface area contributed by atoms with Gasteiger partial charge in [-0.05, 0) is 25.6 Å². The Balaban J connectivity index is 1.84. The number of pyridine rings is 1. The second kappa shape index (κ2) is 5.99. The molecule has 3 rings (SSSR count). The Morgan fingerprint density at radius 1 is 1.35 bits per heavy atom. The highest BCUT2D eigenvalue weighted by Crippen LogP contribution is 2.26. The van der Waals surface area contributed by atoms with Gasteiger partial charge < -0.3 is 10.2 Å². The summed E-state index contributed by atoms with van der Waals surface area (Å²) in [7, 11) is 1.86. The molecule has 0 aromatic carbocycles. The standard InChI is InChI=1S/C15H18F4N4/c1-22-6-5-12(11(16)9-22)21-14-4-2-3-13-10(7-15(17,18)19)8-20-23(13)14/h2-4,8,11-12,21H,5-7,9H2,1H3/t11-,12+/m0/s1. The molecule has 1 N–H and O–H groups in total. The normalized spacial score (nSPS) is 23.3. The van der Waals surface area contributed by atoms with Crippen LogP contribution in [-0.4, -0.2) is 53.0 Å². The molecule has 126 valence electrons. The minimum atomic E-state index is -4.29. The van der Waals surface area contributed by atoms with Gasteiger partial charge in [0.15, 0.2) is 0 Å². The molecule has 0 unspecified atom stereocenters. The first-order valence-corrected chi connectivity index (χ1v) is 7.45. The molecule has 1 aliphatic heterocycles. The van der Waals surface area contributed by atoms with Crippen molar-refractivity contribution < 1.29 is 17.6 Å². The molecule has 3 heterocycles. The van der Waals surface area contributed by atoms with Crippen LogP contribution in [0.2, 0.25) is 0 Å². The maximum Gasteiger partial charge on any atom is 0.393 e. The number of anilines is 1. The van der Waals surface area contributed by atoms with Gasteiger partial charge in [-0.1, -0.05) is 6.07 Å². The molecule has 23 heavy (non-hydrogen) atoms. The minimum absolute atomic E-state index is 0.112. The van der Waals surface area contributed by atoms with E-state index in [1.54, 1.807) is 18.2 Å². The molecular formula is C15H18F4N4. The van der Waals surface area contributed by atoms with E-state index >= 15 is 0 Å². The van der Waals surface area contributed by atoms with Crippen molar-refractivity contribution >= 4 is 11.3 Å². The van der Waals surface area contributed by atoms with Crippen LogP contribution < -0.4 is 5.32 Å². The van der Waals surface area contributed by atoms with Crippen molar-refractivity contribution in [3.63, 3.8) is 0 Å². The summed E-state index contributed by atoms with van der Waals surface area (Å²) < 4.78 is 53.3. The lowest BCUT2D eigenvalue weighted by Gasteiger charge is -2.33. The second-order valence-corrected chi connectivity index (χ2v) is 5.99. The average molecular weight is 330 g/mol. The number of nitrogens with one attached hydrogen (secondary N) is 1. The van der Waals surface area contributed by atoms with Crippen molar-refractivity contribution in [2.45, 2.75) is 31.2 Å². The smallest absolute Gasteiger partial charge is 0.364 e. The number of aromatic nitrogens is 2. The average Bonchev–Trinajstić information content (AvgIpc) is 2.84. The molecule has 2 atom stereocenters. The number of fused-ring (bicyclic) bond motifs is 1. The zero-order chi connectivity index (χ0) is 16.6. The number of alkyl halides is 4. The fourth-order valence-electron chi connectivity index (χ4n) is 2.93. The Bertz CT molecular complexity index is 682. The third-order valence-electron chi connectivity index (χ3n) is 4.09. The monoisotopic (exact) mass is 330 g/mol. The summed E-state index contributed by atoms with van der Waals surface area (Å²) in [4.78, 5) is 1.92. The number of halogens is 4. The van der Waals surface area contributed by atoms with E-state index in [4.69, 9.17) is 0 Å². The van der Waals surface area contributed by atoms with Gasteiger partial charge in [0.05, 0.1) is 24.2 Å². The molecule has 0 aliphatic carbocycles. The molecule has 1 fully saturated rings. The SMILES string of the molecule is CN1CC[C@@H](Nc2cccc3c(CC(F)(F)F)cnn23)[C@@H](F)C1. The lowest BCUT2D eigenvalue weighted by Crippen LogP contribution is -2.46. The van der Waals surface area contributed by atoms with Crippen molar-refractivity contribution in [1.82, 2.24) is 14.5 Å². The Morgan fingerprint density at radius 3 is 2.83 bits per heavy atom. The summed E-state index contributed by atoms with van der Waals surface area (Å²) in [6, 6.07) is 4.57. The molecule has 0 amide bonds. The molecule has 1 aliphatic rings. The van der Waals surface area contributed by atoms with Gasteiger partial charge in [0.25, 0.3) is 0 Å². The van der Waals surface area contributed by atoms with Crippen LogP contribution in [0.15, 0.2) is 24.4 Å². The van der Waals surface area contributed by atoms with Crippen LogP contribution in [0.4, 0.5) is 23.4 Å². The van der Waals surface area contributed by atoms with Gasteiger partial charge in [-0.25, -0.2) is 8.91 Å². The topological polar surface area (TPSA) is 32.6 Å². The van der Waals surface area contributed by atoms with E-state index < -0.39 is 18.8 Å². The number of hydrogen-bond donors (Lipinski definition) is 1. The molecular weight excluding hydrogens is 312 g/mol. The Hall–Kier alpha value is -1.83. The molecule has 0 saturated carbocycles. The summed E-state index contributed by atoms with van der Waals surface area (Å²) in [6.45, 7) is 1.11. The number of rotatable bonds is 3.